The van der Waals surface area contributed by atoms with E-state index in [-0.39, 0.29) is 6.10 Å². The lowest BCUT2D eigenvalue weighted by molar-refractivity contribution is 0.203. The molecule has 0 spiro atoms. The molecule has 0 aliphatic carbocycles. The van der Waals surface area contributed by atoms with Crippen molar-refractivity contribution in [2.45, 2.75) is 33.3 Å². The zero-order chi connectivity index (χ0) is 19.2. The highest BCUT2D eigenvalue weighted by Crippen LogP contribution is 2.31. The molecule has 3 rings (SSSR count). The number of nitrogens with one attached hydrogen (secondary N) is 1. The van der Waals surface area contributed by atoms with Gasteiger partial charge in [0.15, 0.2) is 11.5 Å². The summed E-state index contributed by atoms with van der Waals surface area (Å²) in [6, 6.07) is 15.6. The number of benzene rings is 2. The molecule has 1 heterocycles. The monoisotopic (exact) mass is 361 g/mol. The summed E-state index contributed by atoms with van der Waals surface area (Å²) in [5, 5.41) is 9.61. The Kier molecular flexibility index (Phi) is 5.77. The van der Waals surface area contributed by atoms with Gasteiger partial charge in [0.25, 0.3) is 0 Å². The molecule has 0 amide bonds. The Morgan fingerprint density at radius 1 is 1.22 bits per heavy atom. The van der Waals surface area contributed by atoms with Gasteiger partial charge in [-0.2, -0.15) is 5.26 Å². The minimum atomic E-state index is 0.107. The Morgan fingerprint density at radius 2 is 2.04 bits per heavy atom. The van der Waals surface area contributed by atoms with Crippen molar-refractivity contribution in [3.05, 3.63) is 53.9 Å². The number of nitrogens with zero attached hydrogens (tertiary/aromatic N) is 2. The van der Waals surface area contributed by atoms with Crippen molar-refractivity contribution < 1.29 is 9.47 Å². The minimum Gasteiger partial charge on any atom is -0.490 e. The maximum atomic E-state index is 9.61. The van der Waals surface area contributed by atoms with Crippen molar-refractivity contribution in [1.29, 1.82) is 5.26 Å². The quantitative estimate of drug-likeness (QED) is 0.587. The van der Waals surface area contributed by atoms with E-state index in [9.17, 15) is 5.26 Å². The zero-order valence-electron chi connectivity index (χ0n) is 15.8. The Hall–Kier alpha value is -3.26. The molecule has 0 saturated carbocycles. The van der Waals surface area contributed by atoms with Crippen LogP contribution in [0.15, 0.2) is 42.5 Å². The molecular weight excluding hydrogens is 338 g/mol. The molecule has 0 aliphatic rings. The SMILES string of the molecule is CCOc1cc(/C=C(\C#N)c2nc3ccccc3[nH]2)ccc1O[C@H](C)CC. The summed E-state index contributed by atoms with van der Waals surface area (Å²) in [7, 11) is 0. The summed E-state index contributed by atoms with van der Waals surface area (Å²) in [4.78, 5) is 7.70. The smallest absolute Gasteiger partial charge is 0.161 e. The molecule has 5 heteroatoms. The van der Waals surface area contributed by atoms with Gasteiger partial charge in [-0.25, -0.2) is 4.98 Å². The number of allylic oxidation sites excluding steroid dienone is 1. The van der Waals surface area contributed by atoms with Crippen molar-refractivity contribution in [2.24, 2.45) is 0 Å². The van der Waals surface area contributed by atoms with Crippen molar-refractivity contribution in [2.75, 3.05) is 6.61 Å². The zero-order valence-corrected chi connectivity index (χ0v) is 15.8. The molecule has 1 atom stereocenters. The fourth-order valence-corrected chi connectivity index (χ4v) is 2.68. The van der Waals surface area contributed by atoms with Crippen LogP contribution in [-0.2, 0) is 0 Å². The molecule has 0 aliphatic heterocycles. The molecule has 1 N–H and O–H groups in total. The predicted octanol–water partition coefficient (Wildman–Crippen LogP) is 5.20. The highest BCUT2D eigenvalue weighted by Gasteiger charge is 2.11. The van der Waals surface area contributed by atoms with Gasteiger partial charge in [-0.15, -0.1) is 0 Å². The van der Waals surface area contributed by atoms with Gasteiger partial charge in [0, 0.05) is 0 Å². The number of ether oxygens (including phenoxy) is 2. The van der Waals surface area contributed by atoms with Gasteiger partial charge >= 0.3 is 0 Å². The molecule has 1 aromatic heterocycles. The molecule has 2 aromatic carbocycles. The summed E-state index contributed by atoms with van der Waals surface area (Å²) in [5.74, 6) is 1.94. The van der Waals surface area contributed by atoms with Gasteiger partial charge in [-0.1, -0.05) is 25.1 Å². The summed E-state index contributed by atoms with van der Waals surface area (Å²) in [5.41, 5.74) is 3.05. The molecule has 27 heavy (non-hydrogen) atoms. The van der Waals surface area contributed by atoms with E-state index in [2.05, 4.69) is 23.0 Å². The maximum absolute atomic E-state index is 9.61. The number of hydrogen-bond donors (Lipinski definition) is 1. The fourth-order valence-electron chi connectivity index (χ4n) is 2.68. The summed E-state index contributed by atoms with van der Waals surface area (Å²) in [6.07, 6.45) is 2.82. The maximum Gasteiger partial charge on any atom is 0.161 e. The van der Waals surface area contributed by atoms with Crippen LogP contribution in [0.3, 0.4) is 0 Å². The number of hydrogen-bond acceptors (Lipinski definition) is 4. The molecule has 0 fully saturated rings. The lowest BCUT2D eigenvalue weighted by Crippen LogP contribution is -2.10. The topological polar surface area (TPSA) is 70.9 Å². The Bertz CT molecular complexity index is 965. The average molecular weight is 361 g/mol. The van der Waals surface area contributed by atoms with Gasteiger partial charge in [-0.3, -0.25) is 0 Å². The number of nitriles is 1. The number of aromatic amines is 1. The number of rotatable bonds is 7. The van der Waals surface area contributed by atoms with E-state index >= 15 is 0 Å². The number of fused-ring (bicyclic) bond motifs is 1. The van der Waals surface area contributed by atoms with Crippen LogP contribution < -0.4 is 9.47 Å². The first-order valence-corrected chi connectivity index (χ1v) is 9.15. The van der Waals surface area contributed by atoms with E-state index in [4.69, 9.17) is 9.47 Å². The molecule has 5 nitrogen and oxygen atoms in total. The van der Waals surface area contributed by atoms with Crippen LogP contribution in [0.1, 0.15) is 38.6 Å². The summed E-state index contributed by atoms with van der Waals surface area (Å²) >= 11 is 0. The fraction of sp³-hybridized carbons (Fsp3) is 0.273. The first-order chi connectivity index (χ1) is 13.1. The van der Waals surface area contributed by atoms with E-state index in [1.807, 2.05) is 56.3 Å². The van der Waals surface area contributed by atoms with Crippen LogP contribution in [-0.4, -0.2) is 22.7 Å². The first-order valence-electron chi connectivity index (χ1n) is 9.15. The third kappa shape index (κ3) is 4.29. The lowest BCUT2D eigenvalue weighted by atomic mass is 10.1. The lowest BCUT2D eigenvalue weighted by Gasteiger charge is -2.16. The first kappa shape index (κ1) is 18.5. The molecule has 3 aromatic rings. The number of H-pyrrole nitrogens is 1. The third-order valence-electron chi connectivity index (χ3n) is 4.25. The third-order valence-corrected chi connectivity index (χ3v) is 4.25. The van der Waals surface area contributed by atoms with Crippen LogP contribution in [0.4, 0.5) is 0 Å². The highest BCUT2D eigenvalue weighted by atomic mass is 16.5. The van der Waals surface area contributed by atoms with Crippen molar-refractivity contribution >= 4 is 22.7 Å². The second kappa shape index (κ2) is 8.41. The Morgan fingerprint density at radius 3 is 2.74 bits per heavy atom. The van der Waals surface area contributed by atoms with Gasteiger partial charge in [0.1, 0.15) is 11.9 Å². The van der Waals surface area contributed by atoms with Gasteiger partial charge in [-0.05, 0) is 56.2 Å². The van der Waals surface area contributed by atoms with Crippen molar-refractivity contribution in [1.82, 2.24) is 9.97 Å². The Labute approximate surface area is 159 Å². The standard InChI is InChI=1S/C22H23N3O2/c1-4-15(3)27-20-11-10-16(13-21(20)26-5-2)12-17(14-23)22-24-18-8-6-7-9-19(18)25-22/h6-13,15H,4-5H2,1-3H3,(H,24,25)/b17-12+/t15-/m1/s1. The highest BCUT2D eigenvalue weighted by molar-refractivity contribution is 5.90. The number of para-hydroxylation sites is 2. The summed E-state index contributed by atoms with van der Waals surface area (Å²) in [6.45, 7) is 6.58. The van der Waals surface area contributed by atoms with Crippen LogP contribution in [0.25, 0.3) is 22.7 Å². The largest absolute Gasteiger partial charge is 0.490 e. The van der Waals surface area contributed by atoms with Gasteiger partial charge in [0.05, 0.1) is 29.3 Å². The molecule has 0 unspecified atom stereocenters. The molecule has 0 bridgehead atoms. The molecule has 0 radical (unpaired) electrons. The molecule has 0 saturated heterocycles. The van der Waals surface area contributed by atoms with E-state index in [1.54, 1.807) is 6.08 Å². The van der Waals surface area contributed by atoms with Crippen LogP contribution >= 0.6 is 0 Å². The normalized spacial score (nSPS) is 12.6. The van der Waals surface area contributed by atoms with Crippen LogP contribution in [0.5, 0.6) is 11.5 Å². The Balaban J connectivity index is 1.96. The number of imidazole rings is 1. The van der Waals surface area contributed by atoms with E-state index in [1.165, 1.54) is 0 Å². The van der Waals surface area contributed by atoms with Crippen LogP contribution in [0.2, 0.25) is 0 Å². The second-order valence-corrected chi connectivity index (χ2v) is 6.25. The second-order valence-electron chi connectivity index (χ2n) is 6.25. The average Bonchev–Trinajstić information content (AvgIpc) is 3.12. The molecule has 138 valence electrons. The van der Waals surface area contributed by atoms with Crippen molar-refractivity contribution in [3.63, 3.8) is 0 Å². The van der Waals surface area contributed by atoms with Crippen LogP contribution in [0, 0.1) is 11.3 Å². The molecular formula is C22H23N3O2. The van der Waals surface area contributed by atoms with E-state index in [0.717, 1.165) is 23.0 Å². The predicted molar refractivity (Wildman–Crippen MR) is 108 cm³/mol. The number of aromatic nitrogens is 2. The van der Waals surface area contributed by atoms with E-state index < -0.39 is 0 Å². The van der Waals surface area contributed by atoms with E-state index in [0.29, 0.717) is 29.5 Å². The minimum absolute atomic E-state index is 0.107. The van der Waals surface area contributed by atoms with Gasteiger partial charge in [0.2, 0.25) is 0 Å². The summed E-state index contributed by atoms with van der Waals surface area (Å²) < 4.78 is 11.7. The van der Waals surface area contributed by atoms with Gasteiger partial charge < -0.3 is 14.5 Å². The van der Waals surface area contributed by atoms with Crippen molar-refractivity contribution in [3.8, 4) is 17.6 Å².